The third kappa shape index (κ3) is 2.57. The lowest BCUT2D eigenvalue weighted by molar-refractivity contribution is -0.142. The molecule has 6 nitrogen and oxygen atoms in total. The minimum atomic E-state index is -1.13. The van der Waals surface area contributed by atoms with Gasteiger partial charge in [-0.05, 0) is 11.4 Å². The minimum Gasteiger partial charge on any atom is -0.481 e. The topological polar surface area (TPSA) is 86.7 Å². The van der Waals surface area contributed by atoms with Crippen molar-refractivity contribution < 1.29 is 19.5 Å². The molecule has 1 fully saturated rings. The first-order chi connectivity index (χ1) is 10.5. The highest BCUT2D eigenvalue weighted by atomic mass is 35.5. The first-order valence-electron chi connectivity index (χ1n) is 6.45. The van der Waals surface area contributed by atoms with Gasteiger partial charge in [0.25, 0.3) is 5.91 Å². The number of hydrogen-bond acceptors (Lipinski definition) is 5. The number of piperazine rings is 1. The van der Waals surface area contributed by atoms with Gasteiger partial charge in [-0.1, -0.05) is 11.6 Å². The molecule has 3 heterocycles. The largest absolute Gasteiger partial charge is 0.481 e. The first-order valence-corrected chi connectivity index (χ1v) is 8.52. The van der Waals surface area contributed by atoms with Crippen molar-refractivity contribution in [1.29, 1.82) is 0 Å². The maximum absolute atomic E-state index is 12.7. The Kier molecular flexibility index (Phi) is 4.07. The normalized spacial score (nSPS) is 18.5. The summed E-state index contributed by atoms with van der Waals surface area (Å²) in [7, 11) is 0. The van der Waals surface area contributed by atoms with Crippen molar-refractivity contribution in [2.75, 3.05) is 13.1 Å². The molecule has 2 N–H and O–H groups in total. The van der Waals surface area contributed by atoms with Gasteiger partial charge in [0.15, 0.2) is 0 Å². The van der Waals surface area contributed by atoms with Crippen LogP contribution in [-0.4, -0.2) is 46.9 Å². The number of carboxylic acids is 1. The molecule has 3 rings (SSSR count). The van der Waals surface area contributed by atoms with Crippen molar-refractivity contribution in [2.45, 2.75) is 12.5 Å². The number of aliphatic carboxylic acids is 1. The summed E-state index contributed by atoms with van der Waals surface area (Å²) < 4.78 is 0.935. The van der Waals surface area contributed by atoms with Crippen molar-refractivity contribution in [1.82, 2.24) is 10.2 Å². The predicted molar refractivity (Wildman–Crippen MR) is 84.8 cm³/mol. The van der Waals surface area contributed by atoms with Gasteiger partial charge >= 0.3 is 5.97 Å². The molecule has 0 spiro atoms. The molecule has 116 valence electrons. The number of nitrogens with one attached hydrogen (secondary N) is 1. The van der Waals surface area contributed by atoms with Crippen LogP contribution < -0.4 is 5.32 Å². The number of fused-ring (bicyclic) bond motifs is 1. The van der Waals surface area contributed by atoms with E-state index >= 15 is 0 Å². The number of carboxylic acid groups (broad SMARTS) is 1. The molecule has 0 aliphatic carbocycles. The average molecular weight is 359 g/mol. The van der Waals surface area contributed by atoms with E-state index in [0.29, 0.717) is 16.4 Å². The van der Waals surface area contributed by atoms with Crippen LogP contribution in [0.1, 0.15) is 16.1 Å². The summed E-state index contributed by atoms with van der Waals surface area (Å²) in [6.07, 6.45) is -0.422. The van der Waals surface area contributed by atoms with Crippen LogP contribution in [0, 0.1) is 0 Å². The Balaban J connectivity index is 1.94. The Morgan fingerprint density at radius 3 is 2.95 bits per heavy atom. The Morgan fingerprint density at radius 1 is 1.50 bits per heavy atom. The number of hydrogen-bond donors (Lipinski definition) is 2. The molecule has 1 aliphatic rings. The third-order valence-electron chi connectivity index (χ3n) is 3.41. The summed E-state index contributed by atoms with van der Waals surface area (Å²) in [5, 5.41) is 14.6. The molecular weight excluding hydrogens is 348 g/mol. The van der Waals surface area contributed by atoms with Crippen LogP contribution in [0.5, 0.6) is 0 Å². The van der Waals surface area contributed by atoms with Crippen LogP contribution in [0.2, 0.25) is 5.02 Å². The average Bonchev–Trinajstić information content (AvgIpc) is 3.03. The van der Waals surface area contributed by atoms with Gasteiger partial charge in [0, 0.05) is 18.5 Å². The van der Waals surface area contributed by atoms with E-state index in [2.05, 4.69) is 5.32 Å². The molecule has 0 aromatic carbocycles. The number of thiophene rings is 2. The van der Waals surface area contributed by atoms with Crippen LogP contribution in [-0.2, 0) is 9.59 Å². The zero-order valence-electron chi connectivity index (χ0n) is 11.2. The number of rotatable bonds is 3. The van der Waals surface area contributed by atoms with Crippen LogP contribution in [0.15, 0.2) is 11.4 Å². The van der Waals surface area contributed by atoms with Crippen LogP contribution in [0.4, 0.5) is 0 Å². The lowest BCUT2D eigenvalue weighted by Crippen LogP contribution is -2.57. The second-order valence-corrected chi connectivity index (χ2v) is 7.34. The number of amides is 2. The Bertz CT molecular complexity index is 769. The van der Waals surface area contributed by atoms with Crippen molar-refractivity contribution >= 4 is 61.5 Å². The highest BCUT2D eigenvalue weighted by Crippen LogP contribution is 2.39. The van der Waals surface area contributed by atoms with Crippen LogP contribution >= 0.6 is 34.3 Å². The van der Waals surface area contributed by atoms with E-state index in [1.54, 1.807) is 0 Å². The van der Waals surface area contributed by atoms with Gasteiger partial charge in [0.1, 0.15) is 10.9 Å². The van der Waals surface area contributed by atoms with E-state index in [4.69, 9.17) is 16.7 Å². The van der Waals surface area contributed by atoms with Crippen molar-refractivity contribution in [3.05, 3.63) is 21.3 Å². The molecular formula is C13H11ClN2O4S2. The fourth-order valence-electron chi connectivity index (χ4n) is 2.39. The van der Waals surface area contributed by atoms with Gasteiger partial charge in [-0.2, -0.15) is 0 Å². The van der Waals surface area contributed by atoms with E-state index in [9.17, 15) is 14.4 Å². The molecule has 1 atom stereocenters. The molecule has 1 aliphatic heterocycles. The smallest absolute Gasteiger partial charge is 0.305 e. The Hall–Kier alpha value is -1.64. The first kappa shape index (κ1) is 15.3. The predicted octanol–water partition coefficient (Wildman–Crippen LogP) is 2.03. The zero-order valence-corrected chi connectivity index (χ0v) is 13.6. The lowest BCUT2D eigenvalue weighted by atomic mass is 10.1. The summed E-state index contributed by atoms with van der Waals surface area (Å²) >= 11 is 9.01. The second kappa shape index (κ2) is 5.86. The lowest BCUT2D eigenvalue weighted by Gasteiger charge is -2.34. The third-order valence-corrected chi connectivity index (χ3v) is 6.15. The van der Waals surface area contributed by atoms with E-state index in [1.165, 1.54) is 27.6 Å². The maximum Gasteiger partial charge on any atom is 0.305 e. The van der Waals surface area contributed by atoms with Crippen LogP contribution in [0.3, 0.4) is 0 Å². The van der Waals surface area contributed by atoms with Crippen LogP contribution in [0.25, 0.3) is 9.40 Å². The molecule has 0 saturated carbocycles. The van der Waals surface area contributed by atoms with E-state index in [0.717, 1.165) is 9.40 Å². The van der Waals surface area contributed by atoms with E-state index in [-0.39, 0.29) is 12.5 Å². The maximum atomic E-state index is 12.7. The summed E-state index contributed by atoms with van der Waals surface area (Å²) in [4.78, 5) is 37.2. The van der Waals surface area contributed by atoms with Gasteiger partial charge in [-0.25, -0.2) is 0 Å². The summed E-state index contributed by atoms with van der Waals surface area (Å²) in [6.45, 7) is 0.572. The molecule has 2 amide bonds. The number of halogens is 1. The molecule has 2 aromatic heterocycles. The molecule has 0 bridgehead atoms. The quantitative estimate of drug-likeness (QED) is 0.879. The minimum absolute atomic E-state index is 0.268. The fourth-order valence-corrected chi connectivity index (χ4v) is 4.96. The summed E-state index contributed by atoms with van der Waals surface area (Å²) in [5.74, 6) is -1.96. The standard InChI is InChI=1S/C13H11ClN2O4S2/c14-9-6-1-4-21-13(6)22-10(9)12(20)16-3-2-15-11(19)7(16)5-8(17)18/h1,4,7H,2-3,5H2,(H,15,19)(H,17,18). The molecule has 1 saturated heterocycles. The highest BCUT2D eigenvalue weighted by molar-refractivity contribution is 7.38. The van der Waals surface area contributed by atoms with E-state index < -0.39 is 24.3 Å². The van der Waals surface area contributed by atoms with E-state index in [1.807, 2.05) is 11.4 Å². The fraction of sp³-hybridized carbons (Fsp3) is 0.308. The summed E-state index contributed by atoms with van der Waals surface area (Å²) in [6, 6.07) is 0.836. The van der Waals surface area contributed by atoms with Gasteiger partial charge in [0.05, 0.1) is 15.5 Å². The zero-order chi connectivity index (χ0) is 15.9. The Labute approximate surface area is 138 Å². The molecule has 2 aromatic rings. The molecule has 0 radical (unpaired) electrons. The number of carbonyl (C=O) groups excluding carboxylic acids is 2. The van der Waals surface area contributed by atoms with Gasteiger partial charge in [0.2, 0.25) is 5.91 Å². The molecule has 22 heavy (non-hydrogen) atoms. The highest BCUT2D eigenvalue weighted by Gasteiger charge is 2.36. The summed E-state index contributed by atoms with van der Waals surface area (Å²) in [5.41, 5.74) is 0. The van der Waals surface area contributed by atoms with Gasteiger partial charge in [-0.15, -0.1) is 22.7 Å². The van der Waals surface area contributed by atoms with Crippen molar-refractivity contribution in [3.8, 4) is 0 Å². The van der Waals surface area contributed by atoms with Crippen molar-refractivity contribution in [3.63, 3.8) is 0 Å². The number of carbonyl (C=O) groups is 3. The molecule has 1 unspecified atom stereocenters. The Morgan fingerprint density at radius 2 is 2.27 bits per heavy atom. The van der Waals surface area contributed by atoms with Gasteiger partial charge in [-0.3, -0.25) is 14.4 Å². The number of nitrogens with zero attached hydrogens (tertiary/aromatic N) is 1. The van der Waals surface area contributed by atoms with Crippen molar-refractivity contribution in [2.24, 2.45) is 0 Å². The second-order valence-electron chi connectivity index (χ2n) is 4.77. The monoisotopic (exact) mass is 358 g/mol. The SMILES string of the molecule is O=C(O)CC1C(=O)NCCN1C(=O)c1sc2sccc2c1Cl. The van der Waals surface area contributed by atoms with Gasteiger partial charge < -0.3 is 15.3 Å². The molecule has 9 heteroatoms.